The molecule has 0 fully saturated rings. The van der Waals surface area contributed by atoms with Crippen molar-refractivity contribution >= 4 is 0 Å². The fourth-order valence-corrected chi connectivity index (χ4v) is 2.47. The van der Waals surface area contributed by atoms with E-state index in [1.54, 1.807) is 13.4 Å². The summed E-state index contributed by atoms with van der Waals surface area (Å²) >= 11 is 0. The van der Waals surface area contributed by atoms with Gasteiger partial charge in [-0.25, -0.2) is 9.67 Å². The monoisotopic (exact) mass is 288 g/mol. The SMILES string of the molecule is CNC(Cc1ncnn1C(C)C)c1ccc(C)c(OC)c1. The summed E-state index contributed by atoms with van der Waals surface area (Å²) in [6.45, 7) is 6.27. The summed E-state index contributed by atoms with van der Waals surface area (Å²) in [5.74, 6) is 1.90. The maximum absolute atomic E-state index is 5.42. The number of aromatic nitrogens is 3. The normalized spacial score (nSPS) is 12.7. The van der Waals surface area contributed by atoms with E-state index in [9.17, 15) is 0 Å². The zero-order chi connectivity index (χ0) is 15.4. The first-order chi connectivity index (χ1) is 10.1. The number of hydrogen-bond donors (Lipinski definition) is 1. The molecular weight excluding hydrogens is 264 g/mol. The summed E-state index contributed by atoms with van der Waals surface area (Å²) in [4.78, 5) is 4.39. The lowest BCUT2D eigenvalue weighted by atomic mass is 10.0. The van der Waals surface area contributed by atoms with Crippen LogP contribution in [0.2, 0.25) is 0 Å². The molecule has 0 radical (unpaired) electrons. The fourth-order valence-electron chi connectivity index (χ4n) is 2.47. The van der Waals surface area contributed by atoms with E-state index in [1.807, 2.05) is 18.7 Å². The molecule has 2 rings (SSSR count). The average molecular weight is 288 g/mol. The third-order valence-electron chi connectivity index (χ3n) is 3.71. The molecule has 114 valence electrons. The van der Waals surface area contributed by atoms with Gasteiger partial charge in [-0.2, -0.15) is 5.10 Å². The number of nitrogens with one attached hydrogen (secondary N) is 1. The molecule has 0 saturated carbocycles. The number of nitrogens with zero attached hydrogens (tertiary/aromatic N) is 3. The fraction of sp³-hybridized carbons (Fsp3) is 0.500. The molecule has 1 aromatic carbocycles. The van der Waals surface area contributed by atoms with E-state index in [1.165, 1.54) is 5.56 Å². The standard InChI is InChI=1S/C16H24N4O/c1-11(2)20-16(18-10-19-20)9-14(17-4)13-7-6-12(3)15(8-13)21-5/h6-8,10-11,14,17H,9H2,1-5H3. The van der Waals surface area contributed by atoms with E-state index in [0.717, 1.165) is 23.6 Å². The Kier molecular flexibility index (Phi) is 4.96. The quantitative estimate of drug-likeness (QED) is 0.888. The summed E-state index contributed by atoms with van der Waals surface area (Å²) in [6.07, 6.45) is 2.42. The van der Waals surface area contributed by atoms with Gasteiger partial charge in [-0.3, -0.25) is 0 Å². The van der Waals surface area contributed by atoms with Crippen LogP contribution in [0.3, 0.4) is 0 Å². The molecule has 0 aliphatic heterocycles. The molecule has 1 N–H and O–H groups in total. The predicted molar refractivity (Wildman–Crippen MR) is 83.6 cm³/mol. The van der Waals surface area contributed by atoms with E-state index < -0.39 is 0 Å². The van der Waals surface area contributed by atoms with Crippen molar-refractivity contribution < 1.29 is 4.74 Å². The molecule has 1 atom stereocenters. The van der Waals surface area contributed by atoms with E-state index in [-0.39, 0.29) is 6.04 Å². The number of benzene rings is 1. The van der Waals surface area contributed by atoms with Gasteiger partial charge in [0.05, 0.1) is 7.11 Å². The molecule has 21 heavy (non-hydrogen) atoms. The Balaban J connectivity index is 2.25. The average Bonchev–Trinajstić information content (AvgIpc) is 2.94. The topological polar surface area (TPSA) is 52.0 Å². The minimum absolute atomic E-state index is 0.182. The lowest BCUT2D eigenvalue weighted by molar-refractivity contribution is 0.409. The Morgan fingerprint density at radius 2 is 2.10 bits per heavy atom. The van der Waals surface area contributed by atoms with Crippen LogP contribution in [0, 0.1) is 6.92 Å². The number of ether oxygens (including phenoxy) is 1. The maximum atomic E-state index is 5.42. The molecule has 0 amide bonds. The van der Waals surface area contributed by atoms with Gasteiger partial charge in [0.15, 0.2) is 0 Å². The summed E-state index contributed by atoms with van der Waals surface area (Å²) in [5.41, 5.74) is 2.33. The van der Waals surface area contributed by atoms with E-state index in [4.69, 9.17) is 4.74 Å². The summed E-state index contributed by atoms with van der Waals surface area (Å²) in [7, 11) is 3.67. The Labute approximate surface area is 126 Å². The van der Waals surface area contributed by atoms with Gasteiger partial charge in [0.2, 0.25) is 0 Å². The summed E-state index contributed by atoms with van der Waals surface area (Å²) < 4.78 is 7.38. The zero-order valence-electron chi connectivity index (χ0n) is 13.4. The molecule has 5 heteroatoms. The van der Waals surface area contributed by atoms with Crippen molar-refractivity contribution in [3.05, 3.63) is 41.5 Å². The first kappa shape index (κ1) is 15.5. The molecular formula is C16H24N4O. The van der Waals surface area contributed by atoms with Gasteiger partial charge in [0.1, 0.15) is 17.9 Å². The van der Waals surface area contributed by atoms with Crippen molar-refractivity contribution in [3.63, 3.8) is 0 Å². The number of aryl methyl sites for hydroxylation is 1. The van der Waals surface area contributed by atoms with Crippen LogP contribution in [-0.2, 0) is 6.42 Å². The van der Waals surface area contributed by atoms with Crippen molar-refractivity contribution in [1.29, 1.82) is 0 Å². The van der Waals surface area contributed by atoms with Crippen LogP contribution in [0.15, 0.2) is 24.5 Å². The summed E-state index contributed by atoms with van der Waals surface area (Å²) in [5, 5.41) is 7.65. The van der Waals surface area contributed by atoms with Crippen LogP contribution >= 0.6 is 0 Å². The third kappa shape index (κ3) is 3.42. The summed E-state index contributed by atoms with van der Waals surface area (Å²) in [6, 6.07) is 6.81. The minimum Gasteiger partial charge on any atom is -0.496 e. The third-order valence-corrected chi connectivity index (χ3v) is 3.71. The molecule has 0 spiro atoms. The first-order valence-corrected chi connectivity index (χ1v) is 7.27. The van der Waals surface area contributed by atoms with Crippen molar-refractivity contribution in [2.24, 2.45) is 0 Å². The van der Waals surface area contributed by atoms with Gasteiger partial charge in [-0.05, 0) is 45.0 Å². The number of likely N-dealkylation sites (N-methyl/N-ethyl adjacent to an activating group) is 1. The first-order valence-electron chi connectivity index (χ1n) is 7.27. The van der Waals surface area contributed by atoms with Crippen LogP contribution in [0.4, 0.5) is 0 Å². The van der Waals surface area contributed by atoms with E-state index >= 15 is 0 Å². The van der Waals surface area contributed by atoms with Gasteiger partial charge in [0, 0.05) is 18.5 Å². The highest BCUT2D eigenvalue weighted by molar-refractivity contribution is 5.38. The molecule has 5 nitrogen and oxygen atoms in total. The Hall–Kier alpha value is -1.88. The van der Waals surface area contributed by atoms with Gasteiger partial charge in [-0.1, -0.05) is 12.1 Å². The smallest absolute Gasteiger partial charge is 0.138 e. The molecule has 1 unspecified atom stereocenters. The maximum Gasteiger partial charge on any atom is 0.138 e. The highest BCUT2D eigenvalue weighted by atomic mass is 16.5. The highest BCUT2D eigenvalue weighted by Gasteiger charge is 2.16. The van der Waals surface area contributed by atoms with Crippen LogP contribution in [0.1, 0.15) is 42.9 Å². The molecule has 0 aliphatic carbocycles. The molecule has 1 aromatic heterocycles. The van der Waals surface area contributed by atoms with Crippen molar-refractivity contribution in [1.82, 2.24) is 20.1 Å². The Morgan fingerprint density at radius 3 is 2.71 bits per heavy atom. The number of rotatable bonds is 6. The molecule has 0 saturated heterocycles. The van der Waals surface area contributed by atoms with Gasteiger partial charge in [-0.15, -0.1) is 0 Å². The Bertz CT molecular complexity index is 592. The van der Waals surface area contributed by atoms with Crippen LogP contribution in [-0.4, -0.2) is 28.9 Å². The van der Waals surface area contributed by atoms with Gasteiger partial charge in [0.25, 0.3) is 0 Å². The second-order valence-electron chi connectivity index (χ2n) is 5.49. The second kappa shape index (κ2) is 6.72. The van der Waals surface area contributed by atoms with Gasteiger partial charge < -0.3 is 10.1 Å². The van der Waals surface area contributed by atoms with Crippen molar-refractivity contribution in [3.8, 4) is 5.75 Å². The molecule has 0 bridgehead atoms. The number of hydrogen-bond acceptors (Lipinski definition) is 4. The van der Waals surface area contributed by atoms with E-state index in [2.05, 4.69) is 47.4 Å². The van der Waals surface area contributed by atoms with Crippen molar-refractivity contribution in [2.45, 2.75) is 39.3 Å². The predicted octanol–water partition coefficient (Wildman–Crippen LogP) is 2.68. The number of methoxy groups -OCH3 is 1. The van der Waals surface area contributed by atoms with Crippen LogP contribution < -0.4 is 10.1 Å². The largest absolute Gasteiger partial charge is 0.496 e. The van der Waals surface area contributed by atoms with Crippen molar-refractivity contribution in [2.75, 3.05) is 14.2 Å². The van der Waals surface area contributed by atoms with E-state index in [0.29, 0.717) is 6.04 Å². The van der Waals surface area contributed by atoms with Crippen LogP contribution in [0.5, 0.6) is 5.75 Å². The lowest BCUT2D eigenvalue weighted by Crippen LogP contribution is -2.21. The zero-order valence-corrected chi connectivity index (χ0v) is 13.4. The molecule has 1 heterocycles. The Morgan fingerprint density at radius 1 is 1.33 bits per heavy atom. The van der Waals surface area contributed by atoms with Crippen LogP contribution in [0.25, 0.3) is 0 Å². The minimum atomic E-state index is 0.182. The molecule has 0 aliphatic rings. The van der Waals surface area contributed by atoms with Gasteiger partial charge >= 0.3 is 0 Å². The highest BCUT2D eigenvalue weighted by Crippen LogP contribution is 2.25. The molecule has 2 aromatic rings. The lowest BCUT2D eigenvalue weighted by Gasteiger charge is -2.19. The second-order valence-corrected chi connectivity index (χ2v) is 5.49.